The van der Waals surface area contributed by atoms with Crippen LogP contribution in [0.25, 0.3) is 0 Å². The molecule has 2 aliphatic heterocycles. The van der Waals surface area contributed by atoms with Crippen molar-refractivity contribution >= 4 is 15.9 Å². The number of nitrogens with zero attached hydrogens (tertiary/aromatic N) is 2. The van der Waals surface area contributed by atoms with E-state index in [9.17, 15) is 13.2 Å². The minimum absolute atomic E-state index is 0.0338. The first-order valence-electron chi connectivity index (χ1n) is 8.56. The van der Waals surface area contributed by atoms with E-state index in [0.717, 1.165) is 58.2 Å². The van der Waals surface area contributed by atoms with E-state index in [0.29, 0.717) is 13.1 Å². The van der Waals surface area contributed by atoms with Crippen LogP contribution in [0, 0.1) is 0 Å². The average Bonchev–Trinajstić information content (AvgIpc) is 3.33. The molecule has 1 amide bonds. The van der Waals surface area contributed by atoms with Gasteiger partial charge in [0.15, 0.2) is 0 Å². The summed E-state index contributed by atoms with van der Waals surface area (Å²) in [4.78, 5) is 16.4. The van der Waals surface area contributed by atoms with Crippen LogP contribution in [-0.2, 0) is 14.8 Å². The van der Waals surface area contributed by atoms with Crippen molar-refractivity contribution in [1.29, 1.82) is 0 Å². The van der Waals surface area contributed by atoms with Crippen LogP contribution in [0.1, 0.15) is 44.9 Å². The van der Waals surface area contributed by atoms with Crippen molar-refractivity contribution in [1.82, 2.24) is 14.5 Å². The number of amides is 1. The van der Waals surface area contributed by atoms with Gasteiger partial charge in [-0.2, -0.15) is 0 Å². The average molecular weight is 329 g/mol. The largest absolute Gasteiger partial charge is 0.342 e. The van der Waals surface area contributed by atoms with Crippen molar-refractivity contribution in [2.24, 2.45) is 0 Å². The van der Waals surface area contributed by atoms with Crippen LogP contribution in [0.5, 0.6) is 0 Å². The van der Waals surface area contributed by atoms with E-state index in [1.165, 1.54) is 6.42 Å². The molecule has 2 saturated heterocycles. The molecule has 0 aromatic heterocycles. The minimum Gasteiger partial charge on any atom is -0.342 e. The van der Waals surface area contributed by atoms with Crippen LogP contribution in [0.15, 0.2) is 0 Å². The maximum absolute atomic E-state index is 12.3. The number of carbonyl (C=O) groups is 1. The third-order valence-corrected chi connectivity index (χ3v) is 6.88. The monoisotopic (exact) mass is 329 g/mol. The van der Waals surface area contributed by atoms with E-state index < -0.39 is 10.0 Å². The number of carbonyl (C=O) groups excluding carboxylic acids is 1. The zero-order chi connectivity index (χ0) is 15.6. The van der Waals surface area contributed by atoms with Crippen LogP contribution >= 0.6 is 0 Å². The van der Waals surface area contributed by atoms with Gasteiger partial charge in [0, 0.05) is 25.7 Å². The van der Waals surface area contributed by atoms with E-state index in [2.05, 4.69) is 9.62 Å². The number of rotatable bonds is 5. The predicted molar refractivity (Wildman–Crippen MR) is 85.0 cm³/mol. The highest BCUT2D eigenvalue weighted by Crippen LogP contribution is 2.28. The molecule has 126 valence electrons. The highest BCUT2D eigenvalue weighted by Gasteiger charge is 2.37. The van der Waals surface area contributed by atoms with Crippen molar-refractivity contribution in [3.63, 3.8) is 0 Å². The molecule has 1 aliphatic carbocycles. The molecule has 0 aromatic rings. The summed E-state index contributed by atoms with van der Waals surface area (Å²) in [7, 11) is -3.13. The zero-order valence-corrected chi connectivity index (χ0v) is 14.0. The first-order chi connectivity index (χ1) is 10.5. The highest BCUT2D eigenvalue weighted by molar-refractivity contribution is 7.90. The predicted octanol–water partition coefficient (Wildman–Crippen LogP) is 0.545. The van der Waals surface area contributed by atoms with E-state index >= 15 is 0 Å². The first-order valence-corrected chi connectivity index (χ1v) is 10.1. The third-order valence-electron chi connectivity index (χ3n) is 4.87. The van der Waals surface area contributed by atoms with Crippen molar-refractivity contribution in [2.45, 2.75) is 56.2 Å². The molecule has 22 heavy (non-hydrogen) atoms. The quantitative estimate of drug-likeness (QED) is 0.799. The lowest BCUT2D eigenvalue weighted by atomic mass is 10.1. The summed E-state index contributed by atoms with van der Waals surface area (Å²) < 4.78 is 26.9. The third kappa shape index (κ3) is 4.20. The molecule has 3 aliphatic rings. The Bertz CT molecular complexity index is 498. The van der Waals surface area contributed by atoms with Gasteiger partial charge in [-0.1, -0.05) is 0 Å². The lowest BCUT2D eigenvalue weighted by molar-refractivity contribution is -0.133. The first kappa shape index (κ1) is 16.2. The molecule has 6 nitrogen and oxygen atoms in total. The fraction of sp³-hybridized carbons (Fsp3) is 0.933. The van der Waals surface area contributed by atoms with Crippen LogP contribution in [-0.4, -0.2) is 68.1 Å². The maximum atomic E-state index is 12.3. The van der Waals surface area contributed by atoms with E-state index in [-0.39, 0.29) is 17.2 Å². The molecular weight excluding hydrogens is 302 g/mol. The summed E-state index contributed by atoms with van der Waals surface area (Å²) in [6.07, 6.45) is 6.84. The summed E-state index contributed by atoms with van der Waals surface area (Å²) in [5.74, 6) is 0.199. The van der Waals surface area contributed by atoms with Gasteiger partial charge >= 0.3 is 0 Å². The minimum atomic E-state index is -3.13. The molecule has 7 heteroatoms. The molecule has 0 bridgehead atoms. The molecule has 1 N–H and O–H groups in total. The molecule has 1 saturated carbocycles. The number of sulfonamides is 1. The maximum Gasteiger partial charge on any atom is 0.236 e. The lowest BCUT2D eigenvalue weighted by Crippen LogP contribution is -2.51. The van der Waals surface area contributed by atoms with Gasteiger partial charge in [0.25, 0.3) is 0 Å². The fourth-order valence-corrected chi connectivity index (χ4v) is 5.04. The second-order valence-corrected chi connectivity index (χ2v) is 8.87. The number of piperidine rings is 2. The Labute approximate surface area is 133 Å². The van der Waals surface area contributed by atoms with Gasteiger partial charge in [0.05, 0.1) is 11.8 Å². The molecule has 0 radical (unpaired) electrons. The van der Waals surface area contributed by atoms with Gasteiger partial charge in [-0.05, 0) is 51.5 Å². The van der Waals surface area contributed by atoms with Gasteiger partial charge in [-0.25, -0.2) is 13.1 Å². The molecule has 3 rings (SSSR count). The SMILES string of the molecule is O=C(CN1CCCC(NS(=O)(=O)C2CC2)C1)N1CCCCC1. The summed E-state index contributed by atoms with van der Waals surface area (Å²) in [6.45, 7) is 3.74. The normalized spacial score (nSPS) is 27.8. The van der Waals surface area contributed by atoms with Gasteiger partial charge < -0.3 is 4.90 Å². The second-order valence-electron chi connectivity index (χ2n) is 6.88. The van der Waals surface area contributed by atoms with Crippen molar-refractivity contribution in [3.8, 4) is 0 Å². The van der Waals surface area contributed by atoms with E-state index in [4.69, 9.17) is 0 Å². The number of nitrogens with one attached hydrogen (secondary N) is 1. The number of likely N-dealkylation sites (tertiary alicyclic amines) is 2. The summed E-state index contributed by atoms with van der Waals surface area (Å²) >= 11 is 0. The Kier molecular flexibility index (Phi) is 5.04. The van der Waals surface area contributed by atoms with Crippen LogP contribution < -0.4 is 4.72 Å². The highest BCUT2D eigenvalue weighted by atomic mass is 32.2. The molecule has 2 heterocycles. The lowest BCUT2D eigenvalue weighted by Gasteiger charge is -2.34. The summed E-state index contributed by atoms with van der Waals surface area (Å²) in [5.41, 5.74) is 0. The molecule has 1 unspecified atom stereocenters. The van der Waals surface area contributed by atoms with E-state index in [1.54, 1.807) is 0 Å². The van der Waals surface area contributed by atoms with Gasteiger partial charge in [-0.15, -0.1) is 0 Å². The van der Waals surface area contributed by atoms with Gasteiger partial charge in [0.1, 0.15) is 0 Å². The molecular formula is C15H27N3O3S. The van der Waals surface area contributed by atoms with Gasteiger partial charge in [0.2, 0.25) is 15.9 Å². The smallest absolute Gasteiger partial charge is 0.236 e. The Morgan fingerprint density at radius 2 is 1.73 bits per heavy atom. The molecule has 0 spiro atoms. The molecule has 0 aromatic carbocycles. The van der Waals surface area contributed by atoms with E-state index in [1.807, 2.05) is 4.90 Å². The topological polar surface area (TPSA) is 69.7 Å². The Morgan fingerprint density at radius 3 is 2.41 bits per heavy atom. The molecule has 1 atom stereocenters. The number of hydrogen-bond donors (Lipinski definition) is 1. The standard InChI is InChI=1S/C15H27N3O3S/c19-15(18-9-2-1-3-10-18)12-17-8-4-5-13(11-17)16-22(20,21)14-6-7-14/h13-14,16H,1-12H2. The number of hydrogen-bond acceptors (Lipinski definition) is 4. The van der Waals surface area contributed by atoms with Gasteiger partial charge in [-0.3, -0.25) is 9.69 Å². The Balaban J connectivity index is 1.48. The zero-order valence-electron chi connectivity index (χ0n) is 13.2. The van der Waals surface area contributed by atoms with Crippen molar-refractivity contribution in [2.75, 3.05) is 32.7 Å². The Hall–Kier alpha value is -0.660. The summed E-state index contributed by atoms with van der Waals surface area (Å²) in [5, 5.41) is -0.169. The van der Waals surface area contributed by atoms with Crippen molar-refractivity contribution < 1.29 is 13.2 Å². The Morgan fingerprint density at radius 1 is 1.00 bits per heavy atom. The van der Waals surface area contributed by atoms with Crippen LogP contribution in [0.3, 0.4) is 0 Å². The second kappa shape index (κ2) is 6.84. The van der Waals surface area contributed by atoms with Crippen LogP contribution in [0.2, 0.25) is 0 Å². The summed E-state index contributed by atoms with van der Waals surface area (Å²) in [6, 6.07) is -0.0338. The fourth-order valence-electron chi connectivity index (χ4n) is 3.44. The van der Waals surface area contributed by atoms with Crippen molar-refractivity contribution in [3.05, 3.63) is 0 Å². The van der Waals surface area contributed by atoms with Crippen LogP contribution in [0.4, 0.5) is 0 Å². The molecule has 3 fully saturated rings.